The van der Waals surface area contributed by atoms with Crippen LogP contribution in [0.3, 0.4) is 0 Å². The zero-order chi connectivity index (χ0) is 14.0. The largest absolute Gasteiger partial charge is 0.380 e. The average Bonchev–Trinajstić information content (AvgIpc) is 2.37. The van der Waals surface area contributed by atoms with E-state index in [0.717, 1.165) is 0 Å². The van der Waals surface area contributed by atoms with Crippen LogP contribution < -0.4 is 21.7 Å². The van der Waals surface area contributed by atoms with Crippen molar-refractivity contribution in [3.63, 3.8) is 0 Å². The van der Waals surface area contributed by atoms with E-state index in [2.05, 4.69) is 22.5 Å². The van der Waals surface area contributed by atoms with Crippen molar-refractivity contribution in [1.82, 2.24) is 16.0 Å². The van der Waals surface area contributed by atoms with Crippen molar-refractivity contribution in [2.45, 2.75) is 12.1 Å². The Labute approximate surface area is 107 Å². The molecule has 6 nitrogen and oxygen atoms in total. The number of hydrogen-bond donors (Lipinski definition) is 4. The molecule has 0 aliphatic heterocycles. The first-order valence-corrected chi connectivity index (χ1v) is 6.52. The molecule has 0 aliphatic carbocycles. The average molecular weight is 262 g/mol. The summed E-state index contributed by atoms with van der Waals surface area (Å²) in [5.74, 6) is -0.292. The van der Waals surface area contributed by atoms with Gasteiger partial charge in [-0.2, -0.15) is 11.8 Å². The van der Waals surface area contributed by atoms with Gasteiger partial charge >= 0.3 is 0 Å². The Hall–Kier alpha value is -1.21. The molecule has 0 saturated heterocycles. The number of rotatable bonds is 9. The second-order valence-corrected chi connectivity index (χ2v) is 4.27. The molecular formula is C10H20N4O2S. The van der Waals surface area contributed by atoms with Gasteiger partial charge in [0.1, 0.15) is 12.1 Å². The summed E-state index contributed by atoms with van der Waals surface area (Å²) in [6, 6.07) is -1.22. The van der Waals surface area contributed by atoms with Gasteiger partial charge in [0.25, 0.3) is 0 Å². The SMILES string of the molecule is [3H]NC(=O)[C@H](CNC)NC(=O)[C@H](CSC)NC=C. The second kappa shape index (κ2) is 8.89. The molecule has 2 atom stereocenters. The van der Waals surface area contributed by atoms with Crippen LogP contribution in [0, 0.1) is 0 Å². The topological polar surface area (TPSA) is 96.2 Å². The van der Waals surface area contributed by atoms with Gasteiger partial charge in [0, 0.05) is 12.3 Å². The molecule has 0 unspecified atom stereocenters. The maximum Gasteiger partial charge on any atom is 0.244 e. The predicted molar refractivity (Wildman–Crippen MR) is 70.6 cm³/mol. The Morgan fingerprint density at radius 2 is 2.29 bits per heavy atom. The number of thioether (sulfide) groups is 1. The molecule has 0 aliphatic rings. The predicted octanol–water partition coefficient (Wildman–Crippen LogP) is -1.36. The zero-order valence-corrected chi connectivity index (χ0v) is 10.9. The van der Waals surface area contributed by atoms with Crippen LogP contribution in [0.15, 0.2) is 12.8 Å². The standard InChI is InChI=1S/C10H20N4O2S/c1-4-13-8(6-17-3)10(16)14-7(5-12-2)9(11)15/h4,7-8,12-13H,1,5-6H2,2-3H3,(H2,11,15)(H,14,16)/t7-,8-/m0/s1/i/hT. The molecule has 17 heavy (non-hydrogen) atoms. The molecule has 0 rings (SSSR count). The van der Waals surface area contributed by atoms with Gasteiger partial charge in [-0.3, -0.25) is 9.59 Å². The normalized spacial score (nSPS) is 14.1. The monoisotopic (exact) mass is 262 g/mol. The first-order chi connectivity index (χ1) is 8.60. The third-order valence-corrected chi connectivity index (χ3v) is 2.68. The minimum absolute atomic E-state index is 0.260. The molecule has 98 valence electrons. The minimum Gasteiger partial charge on any atom is -0.380 e. The van der Waals surface area contributed by atoms with Crippen LogP contribution in [-0.4, -0.2) is 49.5 Å². The van der Waals surface area contributed by atoms with Gasteiger partial charge in [-0.1, -0.05) is 6.58 Å². The van der Waals surface area contributed by atoms with Crippen molar-refractivity contribution in [2.75, 3.05) is 25.6 Å². The molecule has 0 aromatic rings. The van der Waals surface area contributed by atoms with Gasteiger partial charge in [-0.15, -0.1) is 0 Å². The first-order valence-electron chi connectivity index (χ1n) is 5.63. The number of nitrogens with two attached hydrogens (primary N) is 1. The van der Waals surface area contributed by atoms with E-state index in [9.17, 15) is 9.59 Å². The highest BCUT2D eigenvalue weighted by molar-refractivity contribution is 7.98. The number of amides is 2. The molecule has 0 saturated carbocycles. The van der Waals surface area contributed by atoms with Crippen LogP contribution in [0.2, 0.25) is 1.41 Å². The number of likely N-dealkylation sites (N-methyl/N-ethyl adjacent to an activating group) is 1. The van der Waals surface area contributed by atoms with Gasteiger partial charge in [-0.05, 0) is 19.5 Å². The molecular weight excluding hydrogens is 240 g/mol. The van der Waals surface area contributed by atoms with Crippen LogP contribution in [0.25, 0.3) is 0 Å². The smallest absolute Gasteiger partial charge is 0.244 e. The fraction of sp³-hybridized carbons (Fsp3) is 0.600. The number of nitrogens with one attached hydrogen (secondary N) is 3. The highest BCUT2D eigenvalue weighted by Crippen LogP contribution is 1.98. The van der Waals surface area contributed by atoms with Gasteiger partial charge < -0.3 is 21.7 Å². The highest BCUT2D eigenvalue weighted by atomic mass is 32.2. The Bertz CT molecular complexity index is 291. The maximum absolute atomic E-state index is 11.9. The van der Waals surface area contributed by atoms with E-state index >= 15 is 0 Å². The van der Waals surface area contributed by atoms with E-state index < -0.39 is 18.0 Å². The van der Waals surface area contributed by atoms with Crippen LogP contribution in [-0.2, 0) is 9.59 Å². The lowest BCUT2D eigenvalue weighted by Crippen LogP contribution is -2.54. The van der Waals surface area contributed by atoms with Crippen molar-refractivity contribution < 1.29 is 11.0 Å². The van der Waals surface area contributed by atoms with Crippen molar-refractivity contribution in [1.29, 1.82) is 0 Å². The maximum atomic E-state index is 11.9. The van der Waals surface area contributed by atoms with Crippen molar-refractivity contribution in [2.24, 2.45) is 5.73 Å². The van der Waals surface area contributed by atoms with Crippen LogP contribution in [0.1, 0.15) is 0 Å². The number of primary amides is 1. The van der Waals surface area contributed by atoms with Gasteiger partial charge in [0.05, 0.1) is 0 Å². The Morgan fingerprint density at radius 1 is 1.59 bits per heavy atom. The van der Waals surface area contributed by atoms with Crippen LogP contribution in [0.4, 0.5) is 0 Å². The molecule has 0 bridgehead atoms. The van der Waals surface area contributed by atoms with Gasteiger partial charge in [0.15, 0.2) is 1.41 Å². The summed E-state index contributed by atoms with van der Waals surface area (Å²) >= 11 is 1.51. The summed E-state index contributed by atoms with van der Waals surface area (Å²) in [5, 5.41) is 8.19. The lowest BCUT2D eigenvalue weighted by molar-refractivity contribution is -0.128. The van der Waals surface area contributed by atoms with Crippen molar-refractivity contribution >= 4 is 23.6 Å². The molecule has 0 fully saturated rings. The van der Waals surface area contributed by atoms with Gasteiger partial charge in [0.2, 0.25) is 11.8 Å². The summed E-state index contributed by atoms with van der Waals surface area (Å²) in [7, 11) is 1.66. The van der Waals surface area contributed by atoms with Crippen LogP contribution in [0.5, 0.6) is 0 Å². The van der Waals surface area contributed by atoms with E-state index in [-0.39, 0.29) is 12.5 Å². The minimum atomic E-state index is -0.768. The summed E-state index contributed by atoms with van der Waals surface area (Å²) in [6.07, 6.45) is 3.32. The molecule has 2 amide bonds. The van der Waals surface area contributed by atoms with Gasteiger partial charge in [-0.25, -0.2) is 0 Å². The lowest BCUT2D eigenvalue weighted by Gasteiger charge is -2.20. The Kier molecular flexibility index (Phi) is 7.24. The van der Waals surface area contributed by atoms with Crippen molar-refractivity contribution in [3.05, 3.63) is 12.8 Å². The molecule has 0 aromatic carbocycles. The molecule has 0 aromatic heterocycles. The molecule has 5 N–H and O–H groups in total. The summed E-state index contributed by atoms with van der Waals surface area (Å²) in [4.78, 5) is 23.3. The molecule has 0 radical (unpaired) electrons. The fourth-order valence-electron chi connectivity index (χ4n) is 1.19. The lowest BCUT2D eigenvalue weighted by atomic mass is 10.2. The van der Waals surface area contributed by atoms with E-state index in [0.29, 0.717) is 5.75 Å². The van der Waals surface area contributed by atoms with E-state index in [4.69, 9.17) is 1.41 Å². The van der Waals surface area contributed by atoms with Crippen LogP contribution >= 0.6 is 11.8 Å². The molecule has 7 heteroatoms. The quantitative estimate of drug-likeness (QED) is 0.412. The number of carbonyl (C=O) groups is 2. The summed E-state index contributed by atoms with van der Waals surface area (Å²) < 4.78 is 6.82. The molecule has 0 heterocycles. The summed E-state index contributed by atoms with van der Waals surface area (Å²) in [6.45, 7) is 3.77. The molecule has 0 spiro atoms. The second-order valence-electron chi connectivity index (χ2n) is 3.36. The number of hydrogen-bond acceptors (Lipinski definition) is 5. The fourth-order valence-corrected chi connectivity index (χ4v) is 1.78. The summed E-state index contributed by atoms with van der Waals surface area (Å²) in [5.41, 5.74) is 1.77. The Morgan fingerprint density at radius 3 is 2.76 bits per heavy atom. The Balaban J connectivity index is 4.53. The third kappa shape index (κ3) is 6.18. The van der Waals surface area contributed by atoms with E-state index in [1.807, 2.05) is 6.26 Å². The van der Waals surface area contributed by atoms with Crippen molar-refractivity contribution in [3.8, 4) is 0 Å². The number of carbonyl (C=O) groups excluding carboxylic acids is 2. The zero-order valence-electron chi connectivity index (χ0n) is 11.1. The van der Waals surface area contributed by atoms with E-state index in [1.54, 1.807) is 12.8 Å². The third-order valence-electron chi connectivity index (χ3n) is 2.01. The van der Waals surface area contributed by atoms with E-state index in [1.165, 1.54) is 18.0 Å². The highest BCUT2D eigenvalue weighted by Gasteiger charge is 2.22. The first kappa shape index (κ1) is 13.9.